The molecule has 0 saturated heterocycles. The molecule has 4 bridgehead atoms. The van der Waals surface area contributed by atoms with Crippen molar-refractivity contribution < 1.29 is 0 Å². The molecule has 150 valence electrons. The molecule has 2 spiro atoms. The van der Waals surface area contributed by atoms with E-state index >= 15 is 0 Å². The molecule has 1 aromatic rings. The summed E-state index contributed by atoms with van der Waals surface area (Å²) in [6.45, 7) is 0. The number of hydrogen-bond acceptors (Lipinski definition) is 2. The standard InChI is InChI=1S/C28H28N2/c29-16-22-15-26-11-3-7-20-14-19-6-2-10-24(26)23-9-1-5-18(19)13-21(20)8-4-12-28(26)25(23)27(22,28)17-30/h13-15,25H,1-12H2. The highest BCUT2D eigenvalue weighted by Crippen LogP contribution is 2.92. The van der Waals surface area contributed by atoms with Gasteiger partial charge in [0.05, 0.1) is 12.1 Å². The summed E-state index contributed by atoms with van der Waals surface area (Å²) in [5, 5.41) is 20.7. The Balaban J connectivity index is 1.54. The van der Waals surface area contributed by atoms with Crippen molar-refractivity contribution in [2.75, 3.05) is 0 Å². The molecule has 6 aliphatic rings. The second-order valence-corrected chi connectivity index (χ2v) is 10.8. The van der Waals surface area contributed by atoms with Crippen LogP contribution in [0.1, 0.15) is 73.6 Å². The maximum Gasteiger partial charge on any atom is 0.106 e. The number of rotatable bonds is 0. The molecule has 0 aliphatic heterocycles. The summed E-state index contributed by atoms with van der Waals surface area (Å²) in [6.07, 6.45) is 16.3. The Morgan fingerprint density at radius 2 is 1.40 bits per heavy atom. The van der Waals surface area contributed by atoms with Crippen molar-refractivity contribution in [1.29, 1.82) is 10.5 Å². The first-order chi connectivity index (χ1) is 14.7. The van der Waals surface area contributed by atoms with E-state index in [0.29, 0.717) is 5.92 Å². The largest absolute Gasteiger partial charge is 0.197 e. The number of nitrogens with zero attached hydrogens (tertiary/aromatic N) is 2. The monoisotopic (exact) mass is 392 g/mol. The first-order valence-electron chi connectivity index (χ1n) is 12.1. The van der Waals surface area contributed by atoms with Crippen LogP contribution in [0.4, 0.5) is 0 Å². The minimum Gasteiger partial charge on any atom is -0.197 e. The predicted octanol–water partition coefficient (Wildman–Crippen LogP) is 5.90. The van der Waals surface area contributed by atoms with Gasteiger partial charge in [-0.2, -0.15) is 10.5 Å². The zero-order valence-electron chi connectivity index (χ0n) is 17.7. The Morgan fingerprint density at radius 1 is 0.767 bits per heavy atom. The topological polar surface area (TPSA) is 47.6 Å². The quantitative estimate of drug-likeness (QED) is 0.516. The van der Waals surface area contributed by atoms with Crippen molar-refractivity contribution in [3.63, 3.8) is 0 Å². The lowest BCUT2D eigenvalue weighted by Gasteiger charge is -2.39. The van der Waals surface area contributed by atoms with Crippen LogP contribution in [0.3, 0.4) is 0 Å². The van der Waals surface area contributed by atoms with Crippen LogP contribution in [0.25, 0.3) is 0 Å². The average Bonchev–Trinajstić information content (AvgIpc) is 3.21. The van der Waals surface area contributed by atoms with Crippen LogP contribution in [0.5, 0.6) is 0 Å². The van der Waals surface area contributed by atoms with Crippen molar-refractivity contribution in [3.8, 4) is 12.1 Å². The third-order valence-corrected chi connectivity index (χ3v) is 10.1. The molecule has 1 aromatic carbocycles. The minimum atomic E-state index is -0.509. The van der Waals surface area contributed by atoms with Gasteiger partial charge >= 0.3 is 0 Å². The van der Waals surface area contributed by atoms with Gasteiger partial charge in [-0.1, -0.05) is 29.4 Å². The van der Waals surface area contributed by atoms with Crippen molar-refractivity contribution >= 4 is 0 Å². The van der Waals surface area contributed by atoms with Crippen LogP contribution in [-0.4, -0.2) is 0 Å². The molecule has 7 rings (SSSR count). The normalized spacial score (nSPS) is 39.8. The van der Waals surface area contributed by atoms with Crippen LogP contribution in [-0.2, 0) is 25.7 Å². The summed E-state index contributed by atoms with van der Waals surface area (Å²) in [4.78, 5) is 0. The Hall–Kier alpha value is -2.32. The van der Waals surface area contributed by atoms with E-state index in [1.807, 2.05) is 0 Å². The van der Waals surface area contributed by atoms with Crippen LogP contribution < -0.4 is 0 Å². The molecule has 1 fully saturated rings. The Labute approximate surface area is 179 Å². The van der Waals surface area contributed by atoms with E-state index in [4.69, 9.17) is 0 Å². The highest BCUT2D eigenvalue weighted by atomic mass is 14.9. The molecule has 2 heteroatoms. The van der Waals surface area contributed by atoms with Gasteiger partial charge in [0.25, 0.3) is 0 Å². The fourth-order valence-electron chi connectivity index (χ4n) is 9.20. The average molecular weight is 393 g/mol. The van der Waals surface area contributed by atoms with Gasteiger partial charge in [0.2, 0.25) is 0 Å². The molecule has 1 saturated carbocycles. The summed E-state index contributed by atoms with van der Waals surface area (Å²) < 4.78 is 0. The summed E-state index contributed by atoms with van der Waals surface area (Å²) >= 11 is 0. The van der Waals surface area contributed by atoms with E-state index in [9.17, 15) is 10.5 Å². The van der Waals surface area contributed by atoms with Gasteiger partial charge in [-0.05, 0) is 99.3 Å². The summed E-state index contributed by atoms with van der Waals surface area (Å²) in [6, 6.07) is 10.5. The molecule has 4 unspecified atom stereocenters. The molecular formula is C28H28N2. The zero-order valence-corrected chi connectivity index (χ0v) is 17.7. The van der Waals surface area contributed by atoms with Gasteiger partial charge in [-0.25, -0.2) is 0 Å². The Bertz CT molecular complexity index is 1150. The lowest BCUT2D eigenvalue weighted by atomic mass is 9.63. The van der Waals surface area contributed by atoms with Crippen molar-refractivity contribution in [2.45, 2.75) is 77.0 Å². The molecule has 0 N–H and O–H groups in total. The van der Waals surface area contributed by atoms with Gasteiger partial charge in [0.1, 0.15) is 5.41 Å². The SMILES string of the molecule is N#CC1=CC23CCCc4cc5c6cc4CCCC24C(C(=C3CCC5)CCC6)C14C#N. The zero-order chi connectivity index (χ0) is 20.1. The Kier molecular flexibility index (Phi) is 3.17. The highest BCUT2D eigenvalue weighted by Gasteiger charge is 2.91. The van der Waals surface area contributed by atoms with Gasteiger partial charge in [-0.3, -0.25) is 0 Å². The smallest absolute Gasteiger partial charge is 0.106 e. The molecule has 30 heavy (non-hydrogen) atoms. The van der Waals surface area contributed by atoms with Crippen molar-refractivity contribution in [3.05, 3.63) is 57.2 Å². The third-order valence-electron chi connectivity index (χ3n) is 10.1. The lowest BCUT2D eigenvalue weighted by molar-refractivity contribution is 0.197. The number of benzene rings is 1. The molecule has 4 atom stereocenters. The molecule has 0 amide bonds. The first kappa shape index (κ1) is 17.4. The summed E-state index contributed by atoms with van der Waals surface area (Å²) in [7, 11) is 0. The predicted molar refractivity (Wildman–Crippen MR) is 115 cm³/mol. The van der Waals surface area contributed by atoms with Crippen LogP contribution in [0.2, 0.25) is 0 Å². The van der Waals surface area contributed by atoms with Gasteiger partial charge in [0.15, 0.2) is 0 Å². The van der Waals surface area contributed by atoms with Crippen LogP contribution in [0.15, 0.2) is 34.9 Å². The second kappa shape index (κ2) is 5.48. The fraction of sp³-hybridized carbons (Fsp3) is 0.571. The Morgan fingerprint density at radius 3 is 2.07 bits per heavy atom. The third kappa shape index (κ3) is 1.64. The van der Waals surface area contributed by atoms with Gasteiger partial charge in [0, 0.05) is 22.3 Å². The number of hydrogen-bond donors (Lipinski definition) is 0. The number of aryl methyl sites for hydroxylation is 4. The lowest BCUT2D eigenvalue weighted by Crippen LogP contribution is -2.32. The highest BCUT2D eigenvalue weighted by molar-refractivity contribution is 5.69. The number of nitriles is 2. The molecule has 0 heterocycles. The first-order valence-corrected chi connectivity index (χ1v) is 12.1. The van der Waals surface area contributed by atoms with E-state index in [1.165, 1.54) is 38.5 Å². The number of fused-ring (bicyclic) bond motifs is 6. The summed E-state index contributed by atoms with van der Waals surface area (Å²) in [5.41, 5.74) is 9.99. The number of allylic oxidation sites excluding steroid dienone is 4. The maximum absolute atomic E-state index is 10.5. The van der Waals surface area contributed by atoms with Crippen LogP contribution in [0, 0.1) is 44.8 Å². The van der Waals surface area contributed by atoms with E-state index in [-0.39, 0.29) is 10.8 Å². The van der Waals surface area contributed by atoms with Crippen molar-refractivity contribution in [1.82, 2.24) is 0 Å². The van der Waals surface area contributed by atoms with Crippen LogP contribution >= 0.6 is 0 Å². The van der Waals surface area contributed by atoms with E-state index < -0.39 is 5.41 Å². The molecule has 6 aliphatic carbocycles. The molecule has 2 nitrogen and oxygen atoms in total. The van der Waals surface area contributed by atoms with E-state index in [2.05, 4.69) is 30.3 Å². The molecule has 0 aromatic heterocycles. The van der Waals surface area contributed by atoms with Gasteiger partial charge in [-0.15, -0.1) is 0 Å². The fourth-order valence-corrected chi connectivity index (χ4v) is 9.20. The summed E-state index contributed by atoms with van der Waals surface area (Å²) in [5.74, 6) is 0.334. The minimum absolute atomic E-state index is 0.00278. The molecule has 0 radical (unpaired) electrons. The maximum atomic E-state index is 10.5. The van der Waals surface area contributed by atoms with E-state index in [0.717, 1.165) is 44.1 Å². The molecular weight excluding hydrogens is 364 g/mol. The van der Waals surface area contributed by atoms with E-state index in [1.54, 1.807) is 33.4 Å². The second-order valence-electron chi connectivity index (χ2n) is 10.8. The van der Waals surface area contributed by atoms with Crippen molar-refractivity contribution in [2.24, 2.45) is 22.2 Å². The van der Waals surface area contributed by atoms with Gasteiger partial charge < -0.3 is 0 Å².